The zero-order chi connectivity index (χ0) is 23.4. The van der Waals surface area contributed by atoms with E-state index < -0.39 is 11.9 Å². The average Bonchev–Trinajstić information content (AvgIpc) is 3.23. The van der Waals surface area contributed by atoms with Crippen LogP contribution in [-0.2, 0) is 22.7 Å². The van der Waals surface area contributed by atoms with Crippen LogP contribution >= 0.6 is 0 Å². The number of benzene rings is 2. The first-order chi connectivity index (χ1) is 16.0. The molecule has 0 bridgehead atoms. The molecule has 1 aliphatic rings. The van der Waals surface area contributed by atoms with Crippen LogP contribution in [0.2, 0.25) is 0 Å². The molecule has 0 radical (unpaired) electrons. The molecule has 3 aromatic rings. The monoisotopic (exact) mass is 454 g/mol. The second-order valence-electron chi connectivity index (χ2n) is 8.02. The van der Waals surface area contributed by atoms with Crippen LogP contribution < -0.4 is 4.74 Å². The summed E-state index contributed by atoms with van der Waals surface area (Å²) in [6, 6.07) is 9.94. The first-order valence-electron chi connectivity index (χ1n) is 10.9. The van der Waals surface area contributed by atoms with Crippen molar-refractivity contribution in [3.63, 3.8) is 0 Å². The zero-order valence-corrected chi connectivity index (χ0v) is 18.3. The number of phenols is 1. The molecule has 4 rings (SSSR count). The Kier molecular flexibility index (Phi) is 6.79. The number of nitrogens with zero attached hydrogens (tertiary/aromatic N) is 2. The quantitative estimate of drug-likeness (QED) is 0.492. The van der Waals surface area contributed by atoms with Crippen molar-refractivity contribution in [2.24, 2.45) is 5.92 Å². The highest BCUT2D eigenvalue weighted by molar-refractivity contribution is 5.89. The number of carboxylic acids is 1. The molecule has 1 atom stereocenters. The van der Waals surface area contributed by atoms with E-state index in [0.29, 0.717) is 54.3 Å². The van der Waals surface area contributed by atoms with E-state index in [1.165, 1.54) is 0 Å². The highest BCUT2D eigenvalue weighted by atomic mass is 16.5. The summed E-state index contributed by atoms with van der Waals surface area (Å²) in [4.78, 5) is 25.1. The van der Waals surface area contributed by atoms with Crippen molar-refractivity contribution in [2.45, 2.75) is 32.9 Å². The van der Waals surface area contributed by atoms with E-state index in [2.05, 4.69) is 5.16 Å². The number of carbonyl (C=O) groups is 2. The van der Waals surface area contributed by atoms with E-state index in [4.69, 9.17) is 14.0 Å². The van der Waals surface area contributed by atoms with Gasteiger partial charge in [-0.15, -0.1) is 0 Å². The average molecular weight is 454 g/mol. The fourth-order valence-electron chi connectivity index (χ4n) is 4.03. The zero-order valence-electron chi connectivity index (χ0n) is 18.3. The molecule has 2 heterocycles. The summed E-state index contributed by atoms with van der Waals surface area (Å²) in [5, 5.41) is 24.6. The van der Waals surface area contributed by atoms with E-state index in [9.17, 15) is 19.8 Å². The Morgan fingerprint density at radius 1 is 1.21 bits per heavy atom. The third kappa shape index (κ3) is 5.09. The van der Waals surface area contributed by atoms with Crippen molar-refractivity contribution in [1.82, 2.24) is 10.1 Å². The van der Waals surface area contributed by atoms with Gasteiger partial charge in [-0.2, -0.15) is 0 Å². The second kappa shape index (κ2) is 9.91. The van der Waals surface area contributed by atoms with Gasteiger partial charge in [0.25, 0.3) is 0 Å². The fraction of sp³-hybridized carbons (Fsp3) is 0.375. The summed E-state index contributed by atoms with van der Waals surface area (Å²) in [6.07, 6.45) is 1.45. The van der Waals surface area contributed by atoms with E-state index in [0.717, 1.165) is 18.4 Å². The summed E-state index contributed by atoms with van der Waals surface area (Å²) in [6.45, 7) is 3.76. The minimum atomic E-state index is -0.795. The molecule has 0 spiro atoms. The molecule has 33 heavy (non-hydrogen) atoms. The topological polar surface area (TPSA) is 122 Å². The number of rotatable bonds is 8. The smallest absolute Gasteiger partial charge is 0.338 e. The van der Waals surface area contributed by atoms with Crippen molar-refractivity contribution in [3.8, 4) is 11.5 Å². The van der Waals surface area contributed by atoms with Gasteiger partial charge in [-0.3, -0.25) is 9.69 Å². The van der Waals surface area contributed by atoms with Gasteiger partial charge in [0.15, 0.2) is 5.58 Å². The SMILES string of the molecule is CCOC(=O)c1ccc(OCc2noc3c(CN4CCC[C@@H](C(=O)O)C4)c(O)ccc23)cc1. The van der Waals surface area contributed by atoms with Gasteiger partial charge in [0.05, 0.1) is 23.7 Å². The molecule has 1 aliphatic heterocycles. The van der Waals surface area contributed by atoms with Gasteiger partial charge < -0.3 is 24.2 Å². The number of carbonyl (C=O) groups excluding carboxylic acids is 1. The highest BCUT2D eigenvalue weighted by Gasteiger charge is 2.27. The van der Waals surface area contributed by atoms with Gasteiger partial charge in [-0.05, 0) is 62.7 Å². The molecule has 2 N–H and O–H groups in total. The predicted molar refractivity (Wildman–Crippen MR) is 118 cm³/mol. The number of phenolic OH excluding ortho intramolecular Hbond substituents is 1. The largest absolute Gasteiger partial charge is 0.507 e. The van der Waals surface area contributed by atoms with Gasteiger partial charge in [-0.1, -0.05) is 5.16 Å². The molecular weight excluding hydrogens is 428 g/mol. The molecule has 9 heteroatoms. The number of aliphatic carboxylic acids is 1. The number of likely N-dealkylation sites (tertiary alicyclic amines) is 1. The van der Waals surface area contributed by atoms with Crippen LogP contribution in [0.5, 0.6) is 11.5 Å². The molecule has 1 aromatic heterocycles. The van der Waals surface area contributed by atoms with Crippen molar-refractivity contribution in [3.05, 3.63) is 53.2 Å². The lowest BCUT2D eigenvalue weighted by atomic mass is 9.97. The number of aromatic nitrogens is 1. The fourth-order valence-corrected chi connectivity index (χ4v) is 4.03. The first kappa shape index (κ1) is 22.6. The molecule has 1 fully saturated rings. The van der Waals surface area contributed by atoms with Crippen molar-refractivity contribution < 1.29 is 33.8 Å². The highest BCUT2D eigenvalue weighted by Crippen LogP contribution is 2.32. The van der Waals surface area contributed by atoms with Crippen LogP contribution in [0.25, 0.3) is 11.0 Å². The molecular formula is C24H26N2O7. The number of hydrogen-bond acceptors (Lipinski definition) is 8. The normalized spacial score (nSPS) is 16.6. The van der Waals surface area contributed by atoms with Gasteiger partial charge in [0, 0.05) is 18.5 Å². The van der Waals surface area contributed by atoms with Crippen molar-refractivity contribution >= 4 is 22.9 Å². The van der Waals surface area contributed by atoms with Crippen LogP contribution in [0, 0.1) is 5.92 Å². The molecule has 174 valence electrons. The number of hydrogen-bond donors (Lipinski definition) is 2. The van der Waals surface area contributed by atoms with E-state index in [1.807, 2.05) is 4.90 Å². The Morgan fingerprint density at radius 3 is 2.73 bits per heavy atom. The molecule has 0 unspecified atom stereocenters. The Labute approximate surface area is 190 Å². The van der Waals surface area contributed by atoms with E-state index in [-0.39, 0.29) is 18.3 Å². The maximum absolute atomic E-state index is 11.8. The number of piperidine rings is 1. The van der Waals surface area contributed by atoms with Gasteiger partial charge in [0.1, 0.15) is 23.8 Å². The lowest BCUT2D eigenvalue weighted by molar-refractivity contribution is -0.143. The number of esters is 1. The van der Waals surface area contributed by atoms with Crippen molar-refractivity contribution in [2.75, 3.05) is 19.7 Å². The summed E-state index contributed by atoms with van der Waals surface area (Å²) in [5.41, 5.74) is 2.06. The summed E-state index contributed by atoms with van der Waals surface area (Å²) in [7, 11) is 0. The van der Waals surface area contributed by atoms with Gasteiger partial charge >= 0.3 is 11.9 Å². The Balaban J connectivity index is 1.47. The van der Waals surface area contributed by atoms with Gasteiger partial charge in [-0.25, -0.2) is 4.79 Å². The third-order valence-corrected chi connectivity index (χ3v) is 5.77. The lowest BCUT2D eigenvalue weighted by Crippen LogP contribution is -2.38. The van der Waals surface area contributed by atoms with Crippen LogP contribution in [0.15, 0.2) is 40.9 Å². The third-order valence-electron chi connectivity index (χ3n) is 5.77. The Hall–Kier alpha value is -3.59. The van der Waals surface area contributed by atoms with E-state index >= 15 is 0 Å². The first-order valence-corrected chi connectivity index (χ1v) is 10.9. The second-order valence-corrected chi connectivity index (χ2v) is 8.02. The van der Waals surface area contributed by atoms with Crippen LogP contribution in [0.3, 0.4) is 0 Å². The molecule has 0 aliphatic carbocycles. The maximum Gasteiger partial charge on any atom is 0.338 e. The summed E-state index contributed by atoms with van der Waals surface area (Å²) >= 11 is 0. The van der Waals surface area contributed by atoms with Crippen LogP contribution in [-0.4, -0.2) is 51.9 Å². The predicted octanol–water partition coefficient (Wildman–Crippen LogP) is 3.59. The van der Waals surface area contributed by atoms with Gasteiger partial charge in [0.2, 0.25) is 0 Å². The lowest BCUT2D eigenvalue weighted by Gasteiger charge is -2.30. The van der Waals surface area contributed by atoms with Crippen LogP contribution in [0.4, 0.5) is 0 Å². The molecule has 0 saturated carbocycles. The molecule has 1 saturated heterocycles. The van der Waals surface area contributed by atoms with E-state index in [1.54, 1.807) is 43.3 Å². The Morgan fingerprint density at radius 2 is 2.00 bits per heavy atom. The van der Waals surface area contributed by atoms with Crippen LogP contribution in [0.1, 0.15) is 41.4 Å². The number of aromatic hydroxyl groups is 1. The molecule has 0 amide bonds. The standard InChI is InChI=1S/C24H26N2O7/c1-2-31-24(30)15-5-7-17(8-6-15)32-14-20-18-9-10-21(27)19(22(18)33-25-20)13-26-11-3-4-16(12-26)23(28)29/h5-10,16,27H,2-4,11-14H2,1H3,(H,28,29)/t16-/m1/s1. The van der Waals surface area contributed by atoms with Crippen molar-refractivity contribution in [1.29, 1.82) is 0 Å². The number of fused-ring (bicyclic) bond motifs is 1. The molecule has 9 nitrogen and oxygen atoms in total. The summed E-state index contributed by atoms with van der Waals surface area (Å²) in [5.74, 6) is -0.947. The minimum Gasteiger partial charge on any atom is -0.507 e. The summed E-state index contributed by atoms with van der Waals surface area (Å²) < 4.78 is 16.3. The molecule has 2 aromatic carbocycles. The minimum absolute atomic E-state index is 0.0816. The maximum atomic E-state index is 11.8. The Bertz CT molecular complexity index is 1140. The number of ether oxygens (including phenoxy) is 2. The number of carboxylic acid groups (broad SMARTS) is 1.